The van der Waals surface area contributed by atoms with E-state index >= 15 is 0 Å². The zero-order valence-electron chi connectivity index (χ0n) is 14.9. The summed E-state index contributed by atoms with van der Waals surface area (Å²) in [4.78, 5) is 24.2. The van der Waals surface area contributed by atoms with Crippen LogP contribution in [0.5, 0.6) is 0 Å². The Balaban J connectivity index is 1.96. The van der Waals surface area contributed by atoms with E-state index in [2.05, 4.69) is 10.6 Å². The highest BCUT2D eigenvalue weighted by molar-refractivity contribution is 7.90. The molecular formula is C19H22N2O4S. The molecule has 0 saturated carbocycles. The monoisotopic (exact) mass is 374 g/mol. The van der Waals surface area contributed by atoms with Gasteiger partial charge in [-0.3, -0.25) is 9.59 Å². The van der Waals surface area contributed by atoms with Gasteiger partial charge < -0.3 is 10.6 Å². The van der Waals surface area contributed by atoms with Crippen LogP contribution in [0.1, 0.15) is 29.8 Å². The van der Waals surface area contributed by atoms with Crippen molar-refractivity contribution in [3.05, 3.63) is 59.7 Å². The molecule has 7 heteroatoms. The summed E-state index contributed by atoms with van der Waals surface area (Å²) in [7, 11) is -3.25. The van der Waals surface area contributed by atoms with Crippen molar-refractivity contribution in [1.29, 1.82) is 0 Å². The lowest BCUT2D eigenvalue weighted by Crippen LogP contribution is -2.30. The van der Waals surface area contributed by atoms with Crippen LogP contribution in [0.15, 0.2) is 53.4 Å². The molecule has 0 fully saturated rings. The van der Waals surface area contributed by atoms with E-state index in [-0.39, 0.29) is 29.2 Å². The van der Waals surface area contributed by atoms with E-state index in [9.17, 15) is 18.0 Å². The molecule has 2 aromatic rings. The maximum Gasteiger partial charge on any atom is 0.251 e. The predicted octanol–water partition coefficient (Wildman–Crippen LogP) is 2.41. The van der Waals surface area contributed by atoms with Crippen LogP contribution < -0.4 is 10.6 Å². The number of anilines is 1. The maximum atomic E-state index is 12.1. The van der Waals surface area contributed by atoms with Crippen LogP contribution in [0.25, 0.3) is 0 Å². The first kappa shape index (κ1) is 19.7. The minimum absolute atomic E-state index is 0.0518. The lowest BCUT2D eigenvalue weighted by atomic mass is 10.1. The maximum absolute atomic E-state index is 12.1. The molecular weight excluding hydrogens is 352 g/mol. The number of nitrogens with one attached hydrogen (secondary N) is 2. The zero-order chi connectivity index (χ0) is 19.3. The average molecular weight is 374 g/mol. The fraction of sp³-hybridized carbons (Fsp3) is 0.263. The van der Waals surface area contributed by atoms with E-state index in [0.717, 1.165) is 6.26 Å². The Hall–Kier alpha value is -2.67. The van der Waals surface area contributed by atoms with Crippen LogP contribution in [0.2, 0.25) is 0 Å². The summed E-state index contributed by atoms with van der Waals surface area (Å²) in [5.41, 5.74) is 1.82. The van der Waals surface area contributed by atoms with Gasteiger partial charge in [0.05, 0.1) is 11.3 Å². The molecule has 0 aliphatic carbocycles. The van der Waals surface area contributed by atoms with Crippen LogP contribution >= 0.6 is 0 Å². The van der Waals surface area contributed by atoms with Crippen molar-refractivity contribution in [2.45, 2.75) is 31.2 Å². The number of benzene rings is 2. The van der Waals surface area contributed by atoms with Crippen LogP contribution in [0.4, 0.5) is 5.69 Å². The molecule has 2 amide bonds. The van der Waals surface area contributed by atoms with E-state index < -0.39 is 9.84 Å². The van der Waals surface area contributed by atoms with Gasteiger partial charge in [-0.25, -0.2) is 8.42 Å². The summed E-state index contributed by atoms with van der Waals surface area (Å²) in [5, 5.41) is 5.55. The molecule has 0 aliphatic heterocycles. The summed E-state index contributed by atoms with van der Waals surface area (Å²) >= 11 is 0. The number of carbonyl (C=O) groups is 2. The van der Waals surface area contributed by atoms with Gasteiger partial charge in [-0.1, -0.05) is 12.1 Å². The summed E-state index contributed by atoms with van der Waals surface area (Å²) < 4.78 is 22.9. The molecule has 0 aromatic heterocycles. The summed E-state index contributed by atoms with van der Waals surface area (Å²) in [5.74, 6) is -0.389. The van der Waals surface area contributed by atoms with Crippen LogP contribution in [0.3, 0.4) is 0 Å². The van der Waals surface area contributed by atoms with Crippen molar-refractivity contribution in [2.75, 3.05) is 11.6 Å². The first-order valence-electron chi connectivity index (χ1n) is 8.15. The molecule has 0 bridgehead atoms. The van der Waals surface area contributed by atoms with Gasteiger partial charge in [-0.2, -0.15) is 0 Å². The van der Waals surface area contributed by atoms with Crippen LogP contribution in [-0.4, -0.2) is 32.5 Å². The molecule has 2 aromatic carbocycles. The summed E-state index contributed by atoms with van der Waals surface area (Å²) in [6.07, 6.45) is 1.26. The number of amides is 2. The van der Waals surface area contributed by atoms with Crippen molar-refractivity contribution in [2.24, 2.45) is 0 Å². The molecule has 6 nitrogen and oxygen atoms in total. The number of carbonyl (C=O) groups excluding carboxylic acids is 2. The van der Waals surface area contributed by atoms with Gasteiger partial charge in [0.1, 0.15) is 0 Å². The highest BCUT2D eigenvalue weighted by Gasteiger charge is 2.10. The molecule has 0 radical (unpaired) electrons. The minimum atomic E-state index is -3.25. The predicted molar refractivity (Wildman–Crippen MR) is 101 cm³/mol. The first-order valence-corrected chi connectivity index (χ1v) is 10.0. The second-order valence-corrected chi connectivity index (χ2v) is 8.36. The van der Waals surface area contributed by atoms with Gasteiger partial charge in [0.2, 0.25) is 5.91 Å². The van der Waals surface area contributed by atoms with Gasteiger partial charge in [-0.05, 0) is 55.8 Å². The van der Waals surface area contributed by atoms with Gasteiger partial charge in [0, 0.05) is 23.5 Å². The molecule has 0 aliphatic rings. The fourth-order valence-corrected chi connectivity index (χ4v) is 2.93. The number of sulfone groups is 1. The van der Waals surface area contributed by atoms with Crippen LogP contribution in [-0.2, 0) is 21.1 Å². The van der Waals surface area contributed by atoms with E-state index in [1.807, 2.05) is 13.8 Å². The largest absolute Gasteiger partial charge is 0.350 e. The van der Waals surface area contributed by atoms with Gasteiger partial charge in [0.15, 0.2) is 9.84 Å². The Kier molecular flexibility index (Phi) is 6.15. The van der Waals surface area contributed by atoms with Crippen molar-refractivity contribution in [3.63, 3.8) is 0 Å². The number of hydrogen-bond donors (Lipinski definition) is 2. The Labute approximate surface area is 153 Å². The molecule has 2 rings (SSSR count). The normalized spacial score (nSPS) is 11.2. The zero-order valence-corrected chi connectivity index (χ0v) is 15.8. The van der Waals surface area contributed by atoms with Gasteiger partial charge in [0.25, 0.3) is 5.91 Å². The Morgan fingerprint density at radius 2 is 1.54 bits per heavy atom. The van der Waals surface area contributed by atoms with Crippen LogP contribution in [0, 0.1) is 0 Å². The van der Waals surface area contributed by atoms with E-state index in [0.29, 0.717) is 16.8 Å². The van der Waals surface area contributed by atoms with Gasteiger partial charge in [-0.15, -0.1) is 0 Å². The number of rotatable bonds is 6. The molecule has 0 atom stereocenters. The molecule has 0 unspecified atom stereocenters. The third-order valence-electron chi connectivity index (χ3n) is 3.57. The SMILES string of the molecule is CC(C)NC(=O)c1ccc(NC(=O)Cc2ccc(S(C)(=O)=O)cc2)cc1. The van der Waals surface area contributed by atoms with Crippen molar-refractivity contribution >= 4 is 27.3 Å². The lowest BCUT2D eigenvalue weighted by molar-refractivity contribution is -0.115. The molecule has 0 heterocycles. The second-order valence-electron chi connectivity index (χ2n) is 6.35. The third kappa shape index (κ3) is 5.70. The van der Waals surface area contributed by atoms with E-state index in [1.165, 1.54) is 12.1 Å². The summed E-state index contributed by atoms with van der Waals surface area (Å²) in [6, 6.07) is 12.9. The highest BCUT2D eigenvalue weighted by Crippen LogP contribution is 2.13. The highest BCUT2D eigenvalue weighted by atomic mass is 32.2. The van der Waals surface area contributed by atoms with E-state index in [4.69, 9.17) is 0 Å². The Bertz CT molecular complexity index is 886. The second kappa shape index (κ2) is 8.14. The molecule has 0 saturated heterocycles. The molecule has 138 valence electrons. The van der Waals surface area contributed by atoms with Gasteiger partial charge >= 0.3 is 0 Å². The number of hydrogen-bond acceptors (Lipinski definition) is 4. The first-order chi connectivity index (χ1) is 12.1. The topological polar surface area (TPSA) is 92.3 Å². The molecule has 0 spiro atoms. The fourth-order valence-electron chi connectivity index (χ4n) is 2.30. The minimum Gasteiger partial charge on any atom is -0.350 e. The average Bonchev–Trinajstić information content (AvgIpc) is 2.54. The lowest BCUT2D eigenvalue weighted by Gasteiger charge is -2.09. The Morgan fingerprint density at radius 3 is 2.04 bits per heavy atom. The Morgan fingerprint density at radius 1 is 0.962 bits per heavy atom. The molecule has 2 N–H and O–H groups in total. The summed E-state index contributed by atoms with van der Waals surface area (Å²) in [6.45, 7) is 3.77. The van der Waals surface area contributed by atoms with Crippen molar-refractivity contribution < 1.29 is 18.0 Å². The van der Waals surface area contributed by atoms with E-state index in [1.54, 1.807) is 36.4 Å². The smallest absolute Gasteiger partial charge is 0.251 e. The molecule has 26 heavy (non-hydrogen) atoms. The standard InChI is InChI=1S/C19H22N2O4S/c1-13(2)20-19(23)15-6-8-16(9-7-15)21-18(22)12-14-4-10-17(11-5-14)26(3,24)25/h4-11,13H,12H2,1-3H3,(H,20,23)(H,21,22). The van der Waals surface area contributed by atoms with Crippen molar-refractivity contribution in [1.82, 2.24) is 5.32 Å². The quantitative estimate of drug-likeness (QED) is 0.812. The third-order valence-corrected chi connectivity index (χ3v) is 4.70. The van der Waals surface area contributed by atoms with Crippen molar-refractivity contribution in [3.8, 4) is 0 Å².